The molecular formula is C26H56NO6P. The molecule has 0 fully saturated rings. The molecule has 2 unspecified atom stereocenters. The largest absolute Gasteiger partial charge is 0.777 e. The van der Waals surface area contributed by atoms with E-state index in [-0.39, 0.29) is 19.9 Å². The van der Waals surface area contributed by atoms with Crippen molar-refractivity contribution >= 4 is 7.60 Å². The molecule has 0 amide bonds. The van der Waals surface area contributed by atoms with Crippen LogP contribution in [0.3, 0.4) is 0 Å². The van der Waals surface area contributed by atoms with Crippen molar-refractivity contribution < 1.29 is 33.0 Å². The van der Waals surface area contributed by atoms with E-state index >= 15 is 0 Å². The summed E-state index contributed by atoms with van der Waals surface area (Å²) in [7, 11) is 1.59. The normalized spacial score (nSPS) is 14.9. The number of quaternary nitrogens is 1. The molecule has 1 N–H and O–H groups in total. The van der Waals surface area contributed by atoms with Crippen LogP contribution in [0.25, 0.3) is 0 Å². The van der Waals surface area contributed by atoms with Crippen LogP contribution in [0.5, 0.6) is 0 Å². The Balaban J connectivity index is 3.37. The Bertz CT molecular complexity index is 486. The van der Waals surface area contributed by atoms with Crippen LogP contribution < -0.4 is 4.89 Å². The Morgan fingerprint density at radius 2 is 1.18 bits per heavy atom. The molecule has 0 bridgehead atoms. The highest BCUT2D eigenvalue weighted by Gasteiger charge is 2.15. The fraction of sp³-hybridized carbons (Fsp3) is 1.00. The van der Waals surface area contributed by atoms with E-state index < -0.39 is 20.0 Å². The van der Waals surface area contributed by atoms with Gasteiger partial charge < -0.3 is 33.0 Å². The summed E-state index contributed by atoms with van der Waals surface area (Å²) in [6.45, 7) is 2.90. The number of hydrogen-bond acceptors (Lipinski definition) is 6. The van der Waals surface area contributed by atoms with E-state index in [2.05, 4.69) is 6.92 Å². The van der Waals surface area contributed by atoms with E-state index in [1.807, 2.05) is 21.1 Å². The van der Waals surface area contributed by atoms with Crippen LogP contribution in [0.2, 0.25) is 0 Å². The lowest BCUT2D eigenvalue weighted by atomic mass is 10.0. The highest BCUT2D eigenvalue weighted by molar-refractivity contribution is 7.51. The zero-order valence-electron chi connectivity index (χ0n) is 22.8. The summed E-state index contributed by atoms with van der Waals surface area (Å²) < 4.78 is 27.7. The molecule has 0 heterocycles. The molecular weight excluding hydrogens is 453 g/mol. The number of rotatable bonds is 26. The van der Waals surface area contributed by atoms with E-state index in [4.69, 9.17) is 14.0 Å². The summed E-state index contributed by atoms with van der Waals surface area (Å²) in [5.74, 6) is 0. The molecule has 0 aliphatic carbocycles. The molecule has 0 aromatic rings. The van der Waals surface area contributed by atoms with Gasteiger partial charge in [-0.1, -0.05) is 103 Å². The molecule has 0 aromatic heterocycles. The first-order chi connectivity index (χ1) is 16.2. The number of nitrogens with zero attached hydrogens (tertiary/aromatic N) is 1. The molecule has 7 nitrogen and oxygen atoms in total. The first-order valence-electron chi connectivity index (χ1n) is 13.7. The van der Waals surface area contributed by atoms with Gasteiger partial charge in [0.15, 0.2) is 14.3 Å². The summed E-state index contributed by atoms with van der Waals surface area (Å²) in [5, 5.41) is 9.85. The molecule has 0 aliphatic heterocycles. The van der Waals surface area contributed by atoms with Crippen LogP contribution in [-0.2, 0) is 18.6 Å². The second-order valence-corrected chi connectivity index (χ2v) is 12.4. The average molecular weight is 510 g/mol. The molecule has 0 rings (SSSR count). The predicted octanol–water partition coefficient (Wildman–Crippen LogP) is 5.83. The van der Waals surface area contributed by atoms with Gasteiger partial charge in [0.25, 0.3) is 0 Å². The Labute approximate surface area is 210 Å². The van der Waals surface area contributed by atoms with Crippen LogP contribution in [0.4, 0.5) is 0 Å². The van der Waals surface area contributed by atoms with Gasteiger partial charge in [0.1, 0.15) is 12.5 Å². The maximum Gasteiger partial charge on any atom is 0.183 e. The van der Waals surface area contributed by atoms with Gasteiger partial charge in [-0.05, 0) is 6.42 Å². The summed E-state index contributed by atoms with van der Waals surface area (Å²) >= 11 is 0. The molecule has 2 atom stereocenters. The lowest BCUT2D eigenvalue weighted by Crippen LogP contribution is -2.37. The Morgan fingerprint density at radius 1 is 0.735 bits per heavy atom. The monoisotopic (exact) mass is 509 g/mol. The number of aliphatic hydroxyl groups excluding tert-OH is 1. The maximum absolute atomic E-state index is 11.8. The zero-order valence-corrected chi connectivity index (χ0v) is 23.7. The summed E-state index contributed by atoms with van der Waals surface area (Å²) in [4.78, 5) is 11.8. The third-order valence-corrected chi connectivity index (χ3v) is 6.69. The molecule has 0 aliphatic rings. The van der Waals surface area contributed by atoms with Crippen molar-refractivity contribution in [3.05, 3.63) is 0 Å². The zero-order chi connectivity index (χ0) is 25.5. The Kier molecular flexibility index (Phi) is 22.2. The van der Waals surface area contributed by atoms with Crippen molar-refractivity contribution in [2.75, 3.05) is 54.0 Å². The van der Waals surface area contributed by atoms with Crippen LogP contribution in [0.15, 0.2) is 0 Å². The molecule has 8 heteroatoms. The number of ether oxygens (including phenoxy) is 2. The van der Waals surface area contributed by atoms with Gasteiger partial charge >= 0.3 is 0 Å². The minimum atomic E-state index is -4.11. The molecule has 34 heavy (non-hydrogen) atoms. The topological polar surface area (TPSA) is 88.0 Å². The maximum atomic E-state index is 11.8. The minimum absolute atomic E-state index is 0.0818. The van der Waals surface area contributed by atoms with Crippen molar-refractivity contribution in [3.63, 3.8) is 0 Å². The Morgan fingerprint density at radius 3 is 1.62 bits per heavy atom. The third kappa shape index (κ3) is 26.6. The number of hydrogen-bond donors (Lipinski definition) is 1. The van der Waals surface area contributed by atoms with Gasteiger partial charge in [-0.3, -0.25) is 0 Å². The molecule has 0 radical (unpaired) electrons. The first-order valence-corrected chi connectivity index (χ1v) is 15.5. The smallest absolute Gasteiger partial charge is 0.183 e. The molecule has 0 saturated carbocycles. The van der Waals surface area contributed by atoms with Crippen LogP contribution in [0, 0.1) is 0 Å². The van der Waals surface area contributed by atoms with Gasteiger partial charge in [-0.2, -0.15) is 0 Å². The standard InChI is InChI=1S/C26H56NO6P/c1-5-6-7-8-9-10-11-12-13-14-15-16-17-18-19-20-21-31-22-26(28)23-33-34(29,30)25-32-24-27(2,3)4/h26,28H,5-25H2,1-4H3. The highest BCUT2D eigenvalue weighted by Crippen LogP contribution is 2.36. The van der Waals surface area contributed by atoms with Crippen LogP contribution in [0.1, 0.15) is 110 Å². The first kappa shape index (κ1) is 34.0. The average Bonchev–Trinajstić information content (AvgIpc) is 2.76. The highest BCUT2D eigenvalue weighted by atomic mass is 31.2. The van der Waals surface area contributed by atoms with Crippen molar-refractivity contribution in [2.24, 2.45) is 0 Å². The summed E-state index contributed by atoms with van der Waals surface area (Å²) in [6, 6.07) is 0. The van der Waals surface area contributed by atoms with E-state index in [9.17, 15) is 14.6 Å². The number of aliphatic hydroxyl groups is 1. The lowest BCUT2D eigenvalue weighted by Gasteiger charge is -2.27. The van der Waals surface area contributed by atoms with E-state index in [0.29, 0.717) is 11.1 Å². The molecule has 0 spiro atoms. The second kappa shape index (κ2) is 22.2. The van der Waals surface area contributed by atoms with Gasteiger partial charge in [-0.15, -0.1) is 0 Å². The van der Waals surface area contributed by atoms with Crippen LogP contribution in [-0.4, -0.2) is 69.7 Å². The van der Waals surface area contributed by atoms with Gasteiger partial charge in [-0.25, -0.2) is 0 Å². The Hall–Kier alpha value is -0.0100. The van der Waals surface area contributed by atoms with Crippen LogP contribution >= 0.6 is 7.60 Å². The molecule has 0 aromatic carbocycles. The van der Waals surface area contributed by atoms with Crippen molar-refractivity contribution in [2.45, 2.75) is 116 Å². The quantitative estimate of drug-likeness (QED) is 0.0683. The fourth-order valence-electron chi connectivity index (χ4n) is 3.68. The third-order valence-electron chi connectivity index (χ3n) is 5.64. The van der Waals surface area contributed by atoms with Crippen molar-refractivity contribution in [1.29, 1.82) is 0 Å². The predicted molar refractivity (Wildman–Crippen MR) is 139 cm³/mol. The van der Waals surface area contributed by atoms with Gasteiger partial charge in [0.05, 0.1) is 34.4 Å². The fourth-order valence-corrected chi connectivity index (χ4v) is 4.46. The second-order valence-electron chi connectivity index (χ2n) is 10.7. The minimum Gasteiger partial charge on any atom is -0.777 e. The van der Waals surface area contributed by atoms with E-state index in [0.717, 1.165) is 12.8 Å². The van der Waals surface area contributed by atoms with Gasteiger partial charge in [0, 0.05) is 6.61 Å². The summed E-state index contributed by atoms with van der Waals surface area (Å²) in [5.41, 5.74) is 0. The van der Waals surface area contributed by atoms with Gasteiger partial charge in [0.2, 0.25) is 0 Å². The SMILES string of the molecule is CCCCCCCCCCCCCCCCCCOCC(O)COP(=O)([O-])COC[N+](C)(C)C. The summed E-state index contributed by atoms with van der Waals surface area (Å²) in [6.07, 6.45) is 19.8. The molecule has 0 saturated heterocycles. The molecule has 206 valence electrons. The van der Waals surface area contributed by atoms with Crippen molar-refractivity contribution in [1.82, 2.24) is 0 Å². The lowest BCUT2D eigenvalue weighted by molar-refractivity contribution is -0.890. The van der Waals surface area contributed by atoms with Crippen molar-refractivity contribution in [3.8, 4) is 0 Å². The van der Waals surface area contributed by atoms with E-state index in [1.165, 1.54) is 89.9 Å². The van der Waals surface area contributed by atoms with E-state index in [1.54, 1.807) is 0 Å². The number of unbranched alkanes of at least 4 members (excludes halogenated alkanes) is 15.